The van der Waals surface area contributed by atoms with Gasteiger partial charge in [0.1, 0.15) is 5.56 Å². The molecule has 1 amide bonds. The molecular formula is C27H27N5O2S. The number of amides is 1. The minimum Gasteiger partial charge on any atom is -0.337 e. The Morgan fingerprint density at radius 3 is 2.57 bits per heavy atom. The van der Waals surface area contributed by atoms with Crippen LogP contribution in [0.1, 0.15) is 36.1 Å². The highest BCUT2D eigenvalue weighted by Crippen LogP contribution is 2.31. The molecule has 0 spiro atoms. The van der Waals surface area contributed by atoms with Crippen molar-refractivity contribution in [2.24, 2.45) is 0 Å². The number of nitrogens with zero attached hydrogens (tertiary/aromatic N) is 5. The standard InChI is InChI=1S/C27H27N5O2S/c33-23(30-16-14-19-9-6-7-10-20(19)17-30)18-35-27-28-25-24(22-13-5-2-8-15-31(22)27)26(34)32(29-25)21-11-3-1-4-12-21/h1,3-4,6-7,9-12H,2,5,8,13-18H2. The Morgan fingerprint density at radius 2 is 1.71 bits per heavy atom. The van der Waals surface area contributed by atoms with Gasteiger partial charge in [-0.3, -0.25) is 9.59 Å². The Morgan fingerprint density at radius 1 is 0.914 bits per heavy atom. The summed E-state index contributed by atoms with van der Waals surface area (Å²) >= 11 is 1.46. The number of benzene rings is 2. The van der Waals surface area contributed by atoms with Crippen molar-refractivity contribution in [1.82, 2.24) is 24.2 Å². The molecule has 7 nitrogen and oxygen atoms in total. The molecule has 6 rings (SSSR count). The predicted octanol–water partition coefficient (Wildman–Crippen LogP) is 3.94. The quantitative estimate of drug-likeness (QED) is 0.323. The van der Waals surface area contributed by atoms with Crippen LogP contribution in [0.25, 0.3) is 17.1 Å². The monoisotopic (exact) mass is 485 g/mol. The summed E-state index contributed by atoms with van der Waals surface area (Å²) in [5.41, 5.74) is 4.79. The fourth-order valence-electron chi connectivity index (χ4n) is 5.13. The number of thioether (sulfide) groups is 1. The first-order valence-corrected chi connectivity index (χ1v) is 13.2. The predicted molar refractivity (Wildman–Crippen MR) is 136 cm³/mol. The normalized spacial score (nSPS) is 15.5. The first-order valence-electron chi connectivity index (χ1n) is 12.2. The van der Waals surface area contributed by atoms with E-state index in [1.165, 1.54) is 27.6 Å². The molecule has 178 valence electrons. The second-order valence-corrected chi connectivity index (χ2v) is 10.1. The van der Waals surface area contributed by atoms with Gasteiger partial charge in [0.2, 0.25) is 5.91 Å². The molecule has 8 heteroatoms. The Bertz CT molecular complexity index is 1410. The number of hydrogen-bond acceptors (Lipinski definition) is 5. The summed E-state index contributed by atoms with van der Waals surface area (Å²) in [7, 11) is 0. The molecule has 0 saturated heterocycles. The Balaban J connectivity index is 1.31. The molecule has 0 aromatic heterocycles. The summed E-state index contributed by atoms with van der Waals surface area (Å²) in [6.45, 7) is 2.21. The van der Waals surface area contributed by atoms with Crippen molar-refractivity contribution < 1.29 is 4.79 Å². The zero-order valence-electron chi connectivity index (χ0n) is 19.5. The van der Waals surface area contributed by atoms with Crippen LogP contribution in [-0.2, 0) is 30.7 Å². The molecule has 0 aliphatic carbocycles. The second kappa shape index (κ2) is 9.34. The van der Waals surface area contributed by atoms with E-state index in [1.54, 1.807) is 0 Å². The van der Waals surface area contributed by atoms with Gasteiger partial charge in [0.05, 0.1) is 11.4 Å². The van der Waals surface area contributed by atoms with Gasteiger partial charge in [0.25, 0.3) is 5.56 Å². The van der Waals surface area contributed by atoms with Gasteiger partial charge in [0.15, 0.2) is 11.0 Å². The third-order valence-corrected chi connectivity index (χ3v) is 7.94. The van der Waals surface area contributed by atoms with E-state index in [0.717, 1.165) is 61.7 Å². The molecule has 0 saturated carbocycles. The average Bonchev–Trinajstić information content (AvgIpc) is 3.05. The third kappa shape index (κ3) is 4.16. The minimum atomic E-state index is -0.121. The van der Waals surface area contributed by atoms with Gasteiger partial charge >= 0.3 is 0 Å². The molecule has 0 N–H and O–H groups in total. The van der Waals surface area contributed by atoms with Crippen molar-refractivity contribution in [3.8, 4) is 17.1 Å². The Labute approximate surface area is 208 Å². The number of fused-ring (bicyclic) bond motifs is 4. The highest BCUT2D eigenvalue weighted by Gasteiger charge is 2.28. The van der Waals surface area contributed by atoms with Gasteiger partial charge in [0, 0.05) is 25.3 Å². The second-order valence-electron chi connectivity index (χ2n) is 9.18. The van der Waals surface area contributed by atoms with Crippen molar-refractivity contribution in [2.45, 2.75) is 50.4 Å². The van der Waals surface area contributed by atoms with Gasteiger partial charge in [-0.1, -0.05) is 60.6 Å². The van der Waals surface area contributed by atoms with Crippen molar-refractivity contribution >= 4 is 17.7 Å². The van der Waals surface area contributed by atoms with Crippen LogP contribution < -0.4 is 5.56 Å². The lowest BCUT2D eigenvalue weighted by Crippen LogP contribution is -2.37. The first-order chi connectivity index (χ1) is 17.2. The van der Waals surface area contributed by atoms with E-state index in [1.807, 2.05) is 41.3 Å². The Kier molecular flexibility index (Phi) is 5.90. The maximum Gasteiger partial charge on any atom is 0.284 e. The van der Waals surface area contributed by atoms with E-state index in [4.69, 9.17) is 4.98 Å². The van der Waals surface area contributed by atoms with Gasteiger partial charge in [-0.05, 0) is 48.9 Å². The lowest BCUT2D eigenvalue weighted by atomic mass is 10.00. The smallest absolute Gasteiger partial charge is 0.284 e. The summed E-state index contributed by atoms with van der Waals surface area (Å²) < 4.78 is 3.62. The number of carbonyl (C=O) groups is 1. The van der Waals surface area contributed by atoms with E-state index < -0.39 is 0 Å². The molecule has 4 heterocycles. The molecule has 4 aliphatic heterocycles. The number of para-hydroxylation sites is 1. The number of carbonyl (C=O) groups excluding carboxylic acids is 1. The molecule has 2 aromatic rings. The van der Waals surface area contributed by atoms with Crippen LogP contribution in [0.15, 0.2) is 64.5 Å². The molecule has 0 atom stereocenters. The molecule has 0 fully saturated rings. The highest BCUT2D eigenvalue weighted by atomic mass is 32.2. The zero-order chi connectivity index (χ0) is 23.8. The minimum absolute atomic E-state index is 0.119. The third-order valence-electron chi connectivity index (χ3n) is 6.98. The summed E-state index contributed by atoms with van der Waals surface area (Å²) in [4.78, 5) is 33.3. The van der Waals surface area contributed by atoms with E-state index in [-0.39, 0.29) is 11.5 Å². The summed E-state index contributed by atoms with van der Waals surface area (Å²) in [5, 5.41) is 5.37. The Hall–Kier alpha value is -3.39. The van der Waals surface area contributed by atoms with Crippen molar-refractivity contribution in [2.75, 3.05) is 12.3 Å². The van der Waals surface area contributed by atoms with Crippen LogP contribution in [0.3, 0.4) is 0 Å². The highest BCUT2D eigenvalue weighted by molar-refractivity contribution is 7.99. The maximum atomic E-state index is 13.4. The lowest BCUT2D eigenvalue weighted by molar-refractivity contribution is -0.129. The van der Waals surface area contributed by atoms with Crippen LogP contribution in [0.4, 0.5) is 0 Å². The van der Waals surface area contributed by atoms with Crippen molar-refractivity contribution in [3.63, 3.8) is 0 Å². The molecular weight excluding hydrogens is 458 g/mol. The first kappa shape index (κ1) is 22.1. The molecule has 2 aromatic carbocycles. The number of rotatable bonds is 4. The zero-order valence-corrected chi connectivity index (χ0v) is 20.3. The SMILES string of the molecule is O=C(CSc1nc2nn(-c3ccccc3)c(=O)c-2c2n1CCCCC2)N1CCc2ccccc2C1. The molecule has 4 aliphatic rings. The number of hydrogen-bond donors (Lipinski definition) is 0. The average molecular weight is 486 g/mol. The van der Waals surface area contributed by atoms with Gasteiger partial charge in [-0.2, -0.15) is 4.68 Å². The van der Waals surface area contributed by atoms with Crippen LogP contribution in [0.5, 0.6) is 0 Å². The fourth-order valence-corrected chi connectivity index (χ4v) is 6.08. The maximum absolute atomic E-state index is 13.4. The van der Waals surface area contributed by atoms with E-state index in [9.17, 15) is 9.59 Å². The van der Waals surface area contributed by atoms with Crippen LogP contribution in [-0.4, -0.2) is 42.4 Å². The van der Waals surface area contributed by atoms with Crippen molar-refractivity contribution in [1.29, 1.82) is 0 Å². The summed E-state index contributed by atoms with van der Waals surface area (Å²) in [5.74, 6) is 0.909. The largest absolute Gasteiger partial charge is 0.337 e. The number of aromatic nitrogens is 4. The summed E-state index contributed by atoms with van der Waals surface area (Å²) in [6, 6.07) is 17.8. The van der Waals surface area contributed by atoms with Crippen molar-refractivity contribution in [3.05, 3.63) is 81.8 Å². The molecule has 0 unspecified atom stereocenters. The van der Waals surface area contributed by atoms with Crippen LogP contribution in [0, 0.1) is 0 Å². The van der Waals surface area contributed by atoms with E-state index in [2.05, 4.69) is 27.9 Å². The molecule has 0 radical (unpaired) electrons. The molecule has 0 bridgehead atoms. The van der Waals surface area contributed by atoms with E-state index >= 15 is 0 Å². The fraction of sp³-hybridized carbons (Fsp3) is 0.333. The van der Waals surface area contributed by atoms with Gasteiger partial charge in [-0.25, -0.2) is 4.98 Å². The summed E-state index contributed by atoms with van der Waals surface area (Å²) in [6.07, 6.45) is 4.89. The topological polar surface area (TPSA) is 73.0 Å². The van der Waals surface area contributed by atoms with E-state index in [0.29, 0.717) is 23.7 Å². The van der Waals surface area contributed by atoms with Crippen LogP contribution in [0.2, 0.25) is 0 Å². The lowest BCUT2D eigenvalue weighted by Gasteiger charge is -2.29. The van der Waals surface area contributed by atoms with Crippen LogP contribution >= 0.6 is 11.8 Å². The van der Waals surface area contributed by atoms with Gasteiger partial charge < -0.3 is 9.47 Å². The van der Waals surface area contributed by atoms with Gasteiger partial charge in [-0.15, -0.1) is 5.10 Å². The molecule has 35 heavy (non-hydrogen) atoms.